The first kappa shape index (κ1) is 22.8. The zero-order valence-corrected chi connectivity index (χ0v) is 19.9. The lowest BCUT2D eigenvalue weighted by molar-refractivity contribution is -0.132. The summed E-state index contributed by atoms with van der Waals surface area (Å²) in [6.07, 6.45) is 22.8. The summed E-state index contributed by atoms with van der Waals surface area (Å²) >= 11 is 0. The zero-order chi connectivity index (χ0) is 21.5. The molecule has 1 aromatic rings. The summed E-state index contributed by atoms with van der Waals surface area (Å²) in [5.74, 6) is 3.45. The van der Waals surface area contributed by atoms with Crippen molar-refractivity contribution in [3.63, 3.8) is 0 Å². The van der Waals surface area contributed by atoms with Crippen LogP contribution < -0.4 is 0 Å². The summed E-state index contributed by atoms with van der Waals surface area (Å²) in [7, 11) is 0. The normalized spacial score (nSPS) is 28.7. The van der Waals surface area contributed by atoms with Crippen molar-refractivity contribution in [1.82, 2.24) is 9.88 Å². The van der Waals surface area contributed by atoms with E-state index < -0.39 is 0 Å². The Labute approximate surface area is 190 Å². The Balaban J connectivity index is 1.22. The molecule has 4 aliphatic carbocycles. The van der Waals surface area contributed by atoms with Gasteiger partial charge in [-0.15, -0.1) is 0 Å². The number of rotatable bonds is 13. The minimum absolute atomic E-state index is 0.421. The molecule has 0 N–H and O–H groups in total. The number of carbonyl (C=O) groups excluding carboxylic acids is 1. The van der Waals surface area contributed by atoms with E-state index in [-0.39, 0.29) is 0 Å². The van der Waals surface area contributed by atoms with Crippen molar-refractivity contribution in [3.8, 4) is 0 Å². The van der Waals surface area contributed by atoms with Crippen LogP contribution in [0.4, 0.5) is 0 Å². The van der Waals surface area contributed by atoms with Gasteiger partial charge in [-0.3, -0.25) is 9.78 Å². The number of pyridine rings is 1. The third-order valence-corrected chi connectivity index (χ3v) is 8.57. The van der Waals surface area contributed by atoms with E-state index in [1.807, 2.05) is 12.4 Å². The minimum atomic E-state index is 0.421. The maximum absolute atomic E-state index is 13.1. The van der Waals surface area contributed by atoms with Gasteiger partial charge in [0.05, 0.1) is 0 Å². The lowest BCUT2D eigenvalue weighted by Crippen LogP contribution is -2.47. The van der Waals surface area contributed by atoms with Crippen LogP contribution in [0.3, 0.4) is 0 Å². The van der Waals surface area contributed by atoms with Crippen molar-refractivity contribution >= 4 is 5.91 Å². The molecule has 0 radical (unpaired) electrons. The van der Waals surface area contributed by atoms with E-state index in [0.717, 1.165) is 56.5 Å². The molecule has 3 heteroatoms. The van der Waals surface area contributed by atoms with Crippen LogP contribution in [0.2, 0.25) is 0 Å². The molecule has 172 valence electrons. The van der Waals surface area contributed by atoms with Crippen LogP contribution in [-0.2, 0) is 11.2 Å². The van der Waals surface area contributed by atoms with Gasteiger partial charge in [0, 0.05) is 31.9 Å². The SMILES string of the molecule is CCCCCN(CCC12CC3CC(CC(C3)C1)C2)C(=O)CCCCCc1ccncc1. The zero-order valence-electron chi connectivity index (χ0n) is 19.9. The van der Waals surface area contributed by atoms with Gasteiger partial charge in [-0.1, -0.05) is 26.2 Å². The van der Waals surface area contributed by atoms with Gasteiger partial charge in [0.2, 0.25) is 5.91 Å². The quantitative estimate of drug-likeness (QED) is 0.326. The van der Waals surface area contributed by atoms with Crippen molar-refractivity contribution < 1.29 is 4.79 Å². The molecule has 4 saturated carbocycles. The molecule has 1 heterocycles. The molecule has 0 aromatic carbocycles. The number of hydrogen-bond acceptors (Lipinski definition) is 2. The number of carbonyl (C=O) groups is 1. The van der Waals surface area contributed by atoms with Crippen molar-refractivity contribution in [2.75, 3.05) is 13.1 Å². The van der Waals surface area contributed by atoms with Gasteiger partial charge < -0.3 is 4.90 Å². The molecule has 31 heavy (non-hydrogen) atoms. The number of aromatic nitrogens is 1. The van der Waals surface area contributed by atoms with Crippen LogP contribution in [0.5, 0.6) is 0 Å². The summed E-state index contributed by atoms with van der Waals surface area (Å²) in [6.45, 7) is 4.26. The van der Waals surface area contributed by atoms with E-state index in [0.29, 0.717) is 11.3 Å². The van der Waals surface area contributed by atoms with Gasteiger partial charge in [-0.25, -0.2) is 0 Å². The third-order valence-electron chi connectivity index (χ3n) is 8.57. The van der Waals surface area contributed by atoms with E-state index in [4.69, 9.17) is 0 Å². The highest BCUT2D eigenvalue weighted by Gasteiger charge is 2.50. The smallest absolute Gasteiger partial charge is 0.222 e. The summed E-state index contributed by atoms with van der Waals surface area (Å²) < 4.78 is 0. The number of hydrogen-bond donors (Lipinski definition) is 0. The molecule has 0 unspecified atom stereocenters. The van der Waals surface area contributed by atoms with E-state index in [1.54, 1.807) is 0 Å². The van der Waals surface area contributed by atoms with Gasteiger partial charge in [0.1, 0.15) is 0 Å². The van der Waals surface area contributed by atoms with Gasteiger partial charge >= 0.3 is 0 Å². The van der Waals surface area contributed by atoms with Crippen molar-refractivity contribution in [1.29, 1.82) is 0 Å². The Kier molecular flexibility index (Phi) is 8.07. The van der Waals surface area contributed by atoms with Crippen LogP contribution in [-0.4, -0.2) is 28.9 Å². The molecule has 1 aromatic heterocycles. The second kappa shape index (κ2) is 11.0. The first-order valence-electron chi connectivity index (χ1n) is 13.3. The van der Waals surface area contributed by atoms with Crippen LogP contribution >= 0.6 is 0 Å². The van der Waals surface area contributed by atoms with Crippen molar-refractivity contribution in [2.45, 2.75) is 103 Å². The monoisotopic (exact) mass is 424 g/mol. The molecule has 0 saturated heterocycles. The molecule has 3 nitrogen and oxygen atoms in total. The molecular formula is C28H44N2O. The molecule has 0 spiro atoms. The predicted molar refractivity (Wildman–Crippen MR) is 128 cm³/mol. The topological polar surface area (TPSA) is 33.2 Å². The highest BCUT2D eigenvalue weighted by atomic mass is 16.2. The lowest BCUT2D eigenvalue weighted by Gasteiger charge is -2.57. The Morgan fingerprint density at radius 2 is 1.61 bits per heavy atom. The Morgan fingerprint density at radius 3 is 2.26 bits per heavy atom. The molecule has 5 rings (SSSR count). The Bertz CT molecular complexity index is 650. The largest absolute Gasteiger partial charge is 0.343 e. The molecule has 4 aliphatic rings. The van der Waals surface area contributed by atoms with Gasteiger partial charge in [0.15, 0.2) is 0 Å². The fraction of sp³-hybridized carbons (Fsp3) is 0.786. The second-order valence-corrected chi connectivity index (χ2v) is 11.2. The predicted octanol–water partition coefficient (Wildman–Crippen LogP) is 6.81. The second-order valence-electron chi connectivity index (χ2n) is 11.2. The number of nitrogens with zero attached hydrogens (tertiary/aromatic N) is 2. The molecular weight excluding hydrogens is 380 g/mol. The van der Waals surface area contributed by atoms with E-state index in [1.165, 1.54) is 76.2 Å². The first-order valence-corrected chi connectivity index (χ1v) is 13.3. The summed E-state index contributed by atoms with van der Waals surface area (Å²) in [5, 5.41) is 0. The van der Waals surface area contributed by atoms with E-state index in [2.05, 4.69) is 28.9 Å². The van der Waals surface area contributed by atoms with Crippen molar-refractivity contribution in [3.05, 3.63) is 30.1 Å². The van der Waals surface area contributed by atoms with Crippen LogP contribution in [0.15, 0.2) is 24.5 Å². The van der Waals surface area contributed by atoms with Gasteiger partial charge in [-0.2, -0.15) is 0 Å². The summed E-state index contributed by atoms with van der Waals surface area (Å²) in [6, 6.07) is 4.20. The Morgan fingerprint density at radius 1 is 0.935 bits per heavy atom. The molecule has 4 bridgehead atoms. The fourth-order valence-electron chi connectivity index (χ4n) is 7.37. The number of amides is 1. The van der Waals surface area contributed by atoms with Gasteiger partial charge in [0.25, 0.3) is 0 Å². The number of unbranched alkanes of at least 4 members (excludes halogenated alkanes) is 4. The van der Waals surface area contributed by atoms with Gasteiger partial charge in [-0.05, 0) is 111 Å². The Hall–Kier alpha value is -1.38. The molecule has 0 atom stereocenters. The summed E-state index contributed by atoms with van der Waals surface area (Å²) in [4.78, 5) is 19.5. The average molecular weight is 425 g/mol. The van der Waals surface area contributed by atoms with Crippen molar-refractivity contribution in [2.24, 2.45) is 23.2 Å². The first-order chi connectivity index (χ1) is 15.2. The average Bonchev–Trinajstić information content (AvgIpc) is 2.75. The van der Waals surface area contributed by atoms with Crippen LogP contribution in [0, 0.1) is 23.2 Å². The lowest BCUT2D eigenvalue weighted by atomic mass is 9.49. The van der Waals surface area contributed by atoms with E-state index >= 15 is 0 Å². The highest BCUT2D eigenvalue weighted by Crippen LogP contribution is 2.61. The highest BCUT2D eigenvalue weighted by molar-refractivity contribution is 5.76. The fourth-order valence-corrected chi connectivity index (χ4v) is 7.37. The van der Waals surface area contributed by atoms with E-state index in [9.17, 15) is 4.79 Å². The molecule has 0 aliphatic heterocycles. The standard InChI is InChI=1S/C28H44N2O/c1-2-3-7-15-30(27(31)9-6-4-5-8-23-10-13-29-14-11-23)16-12-28-20-24-17-25(21-28)19-26(18-24)22-28/h10-11,13-14,24-26H,2-9,12,15-22H2,1H3. The number of aryl methyl sites for hydroxylation is 1. The minimum Gasteiger partial charge on any atom is -0.343 e. The molecule has 4 fully saturated rings. The maximum Gasteiger partial charge on any atom is 0.222 e. The van der Waals surface area contributed by atoms with Crippen LogP contribution in [0.1, 0.15) is 102 Å². The molecule has 1 amide bonds. The van der Waals surface area contributed by atoms with Crippen LogP contribution in [0.25, 0.3) is 0 Å². The third kappa shape index (κ3) is 6.33. The summed E-state index contributed by atoms with van der Waals surface area (Å²) in [5.41, 5.74) is 1.95. The maximum atomic E-state index is 13.1.